The molecular formula is C7H14N2O2. The van der Waals surface area contributed by atoms with Crippen LogP contribution in [0.15, 0.2) is 0 Å². The third-order valence-electron chi connectivity index (χ3n) is 1.66. The maximum atomic E-state index is 10.7. The molecule has 0 aliphatic carbocycles. The number of carbonyl (C=O) groups is 1. The number of ether oxygens (including phenoxy) is 1. The molecule has 1 rings (SSSR count). The van der Waals surface area contributed by atoms with Gasteiger partial charge in [-0.1, -0.05) is 0 Å². The van der Waals surface area contributed by atoms with Crippen molar-refractivity contribution in [2.75, 3.05) is 13.1 Å². The number of primary amides is 1. The van der Waals surface area contributed by atoms with Crippen LogP contribution in [0.4, 0.5) is 0 Å². The number of amides is 1. The topological polar surface area (TPSA) is 64.3 Å². The Labute approximate surface area is 66.1 Å². The molecule has 1 amide bonds. The van der Waals surface area contributed by atoms with Gasteiger partial charge in [-0.15, -0.1) is 0 Å². The van der Waals surface area contributed by atoms with E-state index >= 15 is 0 Å². The largest absolute Gasteiger partial charge is 0.367 e. The lowest BCUT2D eigenvalue weighted by atomic mass is 10.1. The lowest BCUT2D eigenvalue weighted by Gasteiger charge is -2.34. The second-order valence-corrected chi connectivity index (χ2v) is 3.40. The summed E-state index contributed by atoms with van der Waals surface area (Å²) in [7, 11) is 0. The van der Waals surface area contributed by atoms with Crippen LogP contribution in [0.2, 0.25) is 0 Å². The molecule has 11 heavy (non-hydrogen) atoms. The van der Waals surface area contributed by atoms with Gasteiger partial charge in [0.05, 0.1) is 5.60 Å². The van der Waals surface area contributed by atoms with Crippen molar-refractivity contribution in [2.45, 2.75) is 25.6 Å². The molecule has 1 fully saturated rings. The summed E-state index contributed by atoms with van der Waals surface area (Å²) in [4.78, 5) is 10.7. The zero-order chi connectivity index (χ0) is 8.48. The van der Waals surface area contributed by atoms with Crippen LogP contribution in [-0.4, -0.2) is 30.7 Å². The van der Waals surface area contributed by atoms with E-state index in [1.54, 1.807) is 0 Å². The van der Waals surface area contributed by atoms with Crippen LogP contribution in [0.3, 0.4) is 0 Å². The van der Waals surface area contributed by atoms with Crippen molar-refractivity contribution in [1.82, 2.24) is 5.32 Å². The summed E-state index contributed by atoms with van der Waals surface area (Å²) in [5.74, 6) is -0.398. The van der Waals surface area contributed by atoms with Gasteiger partial charge in [0, 0.05) is 13.1 Å². The highest BCUT2D eigenvalue weighted by molar-refractivity contribution is 5.79. The van der Waals surface area contributed by atoms with Crippen LogP contribution in [-0.2, 0) is 9.53 Å². The first-order valence-electron chi connectivity index (χ1n) is 3.69. The number of rotatable bonds is 1. The minimum atomic E-state index is -0.473. The maximum absolute atomic E-state index is 10.7. The van der Waals surface area contributed by atoms with E-state index in [1.807, 2.05) is 13.8 Å². The first-order valence-corrected chi connectivity index (χ1v) is 3.69. The molecule has 1 atom stereocenters. The van der Waals surface area contributed by atoms with E-state index in [1.165, 1.54) is 0 Å². The molecule has 0 saturated carbocycles. The van der Waals surface area contributed by atoms with E-state index in [9.17, 15) is 4.79 Å². The Morgan fingerprint density at radius 1 is 1.73 bits per heavy atom. The first-order chi connectivity index (χ1) is 5.01. The zero-order valence-corrected chi connectivity index (χ0v) is 6.89. The lowest BCUT2D eigenvalue weighted by Crippen LogP contribution is -2.54. The minimum absolute atomic E-state index is 0.280. The monoisotopic (exact) mass is 158 g/mol. The quantitative estimate of drug-likeness (QED) is 0.527. The first kappa shape index (κ1) is 8.49. The standard InChI is InChI=1S/C7H14N2O2/c1-7(2)4-9-3-5(11-7)6(8)10/h5,9H,3-4H2,1-2H3,(H2,8,10). The Morgan fingerprint density at radius 3 is 2.73 bits per heavy atom. The number of hydrogen-bond acceptors (Lipinski definition) is 3. The highest BCUT2D eigenvalue weighted by atomic mass is 16.5. The van der Waals surface area contributed by atoms with E-state index < -0.39 is 12.0 Å². The molecule has 1 aliphatic rings. The molecule has 1 aliphatic heterocycles. The molecule has 0 aromatic rings. The SMILES string of the molecule is CC1(C)CNCC(C(N)=O)O1. The second kappa shape index (κ2) is 2.79. The van der Waals surface area contributed by atoms with Crippen LogP contribution < -0.4 is 11.1 Å². The maximum Gasteiger partial charge on any atom is 0.247 e. The third-order valence-corrected chi connectivity index (χ3v) is 1.66. The highest BCUT2D eigenvalue weighted by Crippen LogP contribution is 2.14. The zero-order valence-electron chi connectivity index (χ0n) is 6.89. The summed E-state index contributed by atoms with van der Waals surface area (Å²) in [6.07, 6.45) is -0.473. The van der Waals surface area contributed by atoms with E-state index in [0.717, 1.165) is 6.54 Å². The molecule has 4 nitrogen and oxygen atoms in total. The molecule has 0 radical (unpaired) electrons. The summed E-state index contributed by atoms with van der Waals surface area (Å²) in [6, 6.07) is 0. The van der Waals surface area contributed by atoms with Gasteiger partial charge in [-0.3, -0.25) is 4.79 Å². The molecule has 1 saturated heterocycles. The number of hydrogen-bond donors (Lipinski definition) is 2. The second-order valence-electron chi connectivity index (χ2n) is 3.40. The normalized spacial score (nSPS) is 29.8. The van der Waals surface area contributed by atoms with Gasteiger partial charge in [0.1, 0.15) is 6.10 Å². The fourth-order valence-electron chi connectivity index (χ4n) is 1.13. The van der Waals surface area contributed by atoms with Gasteiger partial charge in [0.15, 0.2) is 0 Å². The summed E-state index contributed by atoms with van der Waals surface area (Å²) in [5, 5.41) is 3.08. The molecule has 0 aromatic heterocycles. The van der Waals surface area contributed by atoms with E-state index in [2.05, 4.69) is 5.32 Å². The summed E-state index contributed by atoms with van der Waals surface area (Å²) >= 11 is 0. The van der Waals surface area contributed by atoms with Crippen molar-refractivity contribution in [3.05, 3.63) is 0 Å². The van der Waals surface area contributed by atoms with Gasteiger partial charge in [-0.25, -0.2) is 0 Å². The molecule has 0 spiro atoms. The van der Waals surface area contributed by atoms with Crippen molar-refractivity contribution < 1.29 is 9.53 Å². The molecule has 1 heterocycles. The van der Waals surface area contributed by atoms with Crippen LogP contribution in [0, 0.1) is 0 Å². The summed E-state index contributed by atoms with van der Waals surface area (Å²) in [6.45, 7) is 5.14. The summed E-state index contributed by atoms with van der Waals surface area (Å²) in [5.41, 5.74) is 4.80. The van der Waals surface area contributed by atoms with Gasteiger partial charge >= 0.3 is 0 Å². The Kier molecular flexibility index (Phi) is 2.15. The van der Waals surface area contributed by atoms with Crippen LogP contribution >= 0.6 is 0 Å². The minimum Gasteiger partial charge on any atom is -0.367 e. The van der Waals surface area contributed by atoms with Crippen molar-refractivity contribution in [1.29, 1.82) is 0 Å². The molecule has 3 N–H and O–H groups in total. The smallest absolute Gasteiger partial charge is 0.247 e. The van der Waals surface area contributed by atoms with Gasteiger partial charge < -0.3 is 15.8 Å². The van der Waals surface area contributed by atoms with Gasteiger partial charge in [-0.2, -0.15) is 0 Å². The Bertz CT molecular complexity index is 168. The number of nitrogens with two attached hydrogens (primary N) is 1. The van der Waals surface area contributed by atoms with Crippen molar-refractivity contribution in [3.8, 4) is 0 Å². The van der Waals surface area contributed by atoms with E-state index in [4.69, 9.17) is 10.5 Å². The van der Waals surface area contributed by atoms with Crippen LogP contribution in [0.1, 0.15) is 13.8 Å². The third kappa shape index (κ3) is 2.17. The number of nitrogens with one attached hydrogen (secondary N) is 1. The summed E-state index contributed by atoms with van der Waals surface area (Å²) < 4.78 is 5.40. The van der Waals surface area contributed by atoms with Gasteiger partial charge in [-0.05, 0) is 13.8 Å². The fourth-order valence-corrected chi connectivity index (χ4v) is 1.13. The molecule has 64 valence electrons. The van der Waals surface area contributed by atoms with Gasteiger partial charge in [0.2, 0.25) is 5.91 Å². The number of morpholine rings is 1. The Balaban J connectivity index is 2.53. The Morgan fingerprint density at radius 2 is 2.36 bits per heavy atom. The fraction of sp³-hybridized carbons (Fsp3) is 0.857. The van der Waals surface area contributed by atoms with E-state index in [0.29, 0.717) is 6.54 Å². The van der Waals surface area contributed by atoms with E-state index in [-0.39, 0.29) is 5.60 Å². The molecule has 4 heteroatoms. The molecule has 0 bridgehead atoms. The van der Waals surface area contributed by atoms with Crippen molar-refractivity contribution in [2.24, 2.45) is 5.73 Å². The molecule has 0 aromatic carbocycles. The molecular weight excluding hydrogens is 144 g/mol. The molecule has 1 unspecified atom stereocenters. The predicted molar refractivity (Wildman–Crippen MR) is 41.0 cm³/mol. The Hall–Kier alpha value is -0.610. The number of carbonyl (C=O) groups excluding carboxylic acids is 1. The highest BCUT2D eigenvalue weighted by Gasteiger charge is 2.30. The lowest BCUT2D eigenvalue weighted by molar-refractivity contribution is -0.146. The van der Waals surface area contributed by atoms with Crippen molar-refractivity contribution in [3.63, 3.8) is 0 Å². The van der Waals surface area contributed by atoms with Crippen LogP contribution in [0.25, 0.3) is 0 Å². The average molecular weight is 158 g/mol. The predicted octanol–water partition coefficient (Wildman–Crippen LogP) is -0.761. The van der Waals surface area contributed by atoms with Crippen LogP contribution in [0.5, 0.6) is 0 Å². The van der Waals surface area contributed by atoms with Crippen molar-refractivity contribution >= 4 is 5.91 Å². The average Bonchev–Trinajstić information content (AvgIpc) is 1.85. The van der Waals surface area contributed by atoms with Gasteiger partial charge in [0.25, 0.3) is 0 Å².